The molecule has 134 valence electrons. The van der Waals surface area contributed by atoms with Gasteiger partial charge in [-0.05, 0) is 36.1 Å². The molecule has 4 rings (SSSR count). The zero-order chi connectivity index (χ0) is 18.8. The third-order valence-corrected chi connectivity index (χ3v) is 5.33. The van der Waals surface area contributed by atoms with E-state index in [9.17, 15) is 10.1 Å². The van der Waals surface area contributed by atoms with Crippen molar-refractivity contribution < 1.29 is 4.92 Å². The molecule has 4 aromatic rings. The van der Waals surface area contributed by atoms with E-state index in [4.69, 9.17) is 4.99 Å². The number of non-ortho nitro benzene ring substituents is 1. The summed E-state index contributed by atoms with van der Waals surface area (Å²) >= 11 is 1.57. The summed E-state index contributed by atoms with van der Waals surface area (Å²) in [6.45, 7) is 2.84. The molecule has 0 saturated heterocycles. The molecule has 0 fully saturated rings. The zero-order valence-corrected chi connectivity index (χ0v) is 15.5. The monoisotopic (exact) mass is 375 g/mol. The molecule has 0 aliphatic rings. The van der Waals surface area contributed by atoms with Crippen molar-refractivity contribution in [3.63, 3.8) is 0 Å². The molecular weight excluding hydrogens is 358 g/mol. The molecule has 5 nitrogen and oxygen atoms in total. The lowest BCUT2D eigenvalue weighted by Crippen LogP contribution is -2.14. The molecule has 0 atom stereocenters. The lowest BCUT2D eigenvalue weighted by atomic mass is 10.1. The highest BCUT2D eigenvalue weighted by molar-refractivity contribution is 7.07. The van der Waals surface area contributed by atoms with Crippen LogP contribution in [0.3, 0.4) is 0 Å². The van der Waals surface area contributed by atoms with Gasteiger partial charge in [-0.25, -0.2) is 4.99 Å². The van der Waals surface area contributed by atoms with Crippen LogP contribution in [0.15, 0.2) is 77.1 Å². The summed E-state index contributed by atoms with van der Waals surface area (Å²) in [5.74, 6) is 0. The van der Waals surface area contributed by atoms with Crippen molar-refractivity contribution >= 4 is 33.5 Å². The van der Waals surface area contributed by atoms with E-state index in [2.05, 4.69) is 35.1 Å². The summed E-state index contributed by atoms with van der Waals surface area (Å²) in [5, 5.41) is 15.2. The maximum atomic E-state index is 10.9. The van der Waals surface area contributed by atoms with E-state index in [1.165, 1.54) is 12.1 Å². The summed E-state index contributed by atoms with van der Waals surface area (Å²) in [6, 6.07) is 21.0. The first-order chi connectivity index (χ1) is 13.2. The van der Waals surface area contributed by atoms with Crippen molar-refractivity contribution in [1.82, 2.24) is 4.57 Å². The van der Waals surface area contributed by atoms with Crippen molar-refractivity contribution in [1.29, 1.82) is 0 Å². The molecule has 0 aliphatic carbocycles. The number of benzene rings is 3. The molecule has 0 unspecified atom stereocenters. The van der Waals surface area contributed by atoms with E-state index in [1.54, 1.807) is 23.5 Å². The third kappa shape index (κ3) is 3.27. The van der Waals surface area contributed by atoms with Crippen LogP contribution in [0, 0.1) is 10.1 Å². The number of aromatic nitrogens is 1. The molecule has 3 aromatic carbocycles. The number of hydrogen-bond acceptors (Lipinski definition) is 4. The molecule has 0 aliphatic heterocycles. The van der Waals surface area contributed by atoms with Crippen LogP contribution in [-0.4, -0.2) is 9.49 Å². The summed E-state index contributed by atoms with van der Waals surface area (Å²) in [5.41, 5.74) is 2.99. The predicted octanol–water partition coefficient (Wildman–Crippen LogP) is 5.53. The van der Waals surface area contributed by atoms with Gasteiger partial charge in [0.05, 0.1) is 16.3 Å². The normalized spacial score (nSPS) is 11.8. The molecular formula is C21H17N3O2S. The smallest absolute Gasteiger partial charge is 0.269 e. The Morgan fingerprint density at radius 1 is 1.04 bits per heavy atom. The van der Waals surface area contributed by atoms with E-state index in [1.807, 2.05) is 24.3 Å². The Kier molecular flexibility index (Phi) is 4.56. The second-order valence-electron chi connectivity index (χ2n) is 6.06. The lowest BCUT2D eigenvalue weighted by molar-refractivity contribution is -0.384. The number of nitro groups is 1. The third-order valence-electron chi connectivity index (χ3n) is 4.47. The molecule has 1 heterocycles. The van der Waals surface area contributed by atoms with Gasteiger partial charge in [-0.15, -0.1) is 11.3 Å². The maximum Gasteiger partial charge on any atom is 0.269 e. The predicted molar refractivity (Wildman–Crippen MR) is 109 cm³/mol. The number of hydrogen-bond donors (Lipinski definition) is 0. The molecule has 6 heteroatoms. The van der Waals surface area contributed by atoms with Crippen LogP contribution in [0.25, 0.3) is 22.0 Å². The first kappa shape index (κ1) is 17.2. The zero-order valence-electron chi connectivity index (χ0n) is 14.7. The van der Waals surface area contributed by atoms with E-state index in [0.717, 1.165) is 39.1 Å². The highest BCUT2D eigenvalue weighted by atomic mass is 32.1. The minimum atomic E-state index is -0.382. The number of rotatable bonds is 4. The van der Waals surface area contributed by atoms with Crippen molar-refractivity contribution in [2.45, 2.75) is 13.5 Å². The highest BCUT2D eigenvalue weighted by Crippen LogP contribution is 2.27. The van der Waals surface area contributed by atoms with Gasteiger partial charge in [-0.3, -0.25) is 10.1 Å². The standard InChI is InChI=1S/C21H17N3O2S/c1-2-23-20(16-10-12-17(13-11-16)24(25)26)14-27-21(23)22-19-9-5-7-15-6-3-4-8-18(15)19/h3-14H,2H2,1H3. The number of thiazole rings is 1. The van der Waals surface area contributed by atoms with E-state index >= 15 is 0 Å². The Labute approximate surface area is 160 Å². The number of nitrogens with zero attached hydrogens (tertiary/aromatic N) is 3. The number of nitro benzene ring substituents is 1. The molecule has 0 spiro atoms. The minimum Gasteiger partial charge on any atom is -0.317 e. The van der Waals surface area contributed by atoms with Gasteiger partial charge >= 0.3 is 0 Å². The second kappa shape index (κ2) is 7.17. The topological polar surface area (TPSA) is 60.4 Å². The van der Waals surface area contributed by atoms with Gasteiger partial charge in [0.2, 0.25) is 0 Å². The van der Waals surface area contributed by atoms with E-state index < -0.39 is 0 Å². The lowest BCUT2D eigenvalue weighted by Gasteiger charge is -2.06. The van der Waals surface area contributed by atoms with Crippen molar-refractivity contribution in [2.24, 2.45) is 4.99 Å². The summed E-state index contributed by atoms with van der Waals surface area (Å²) in [7, 11) is 0. The van der Waals surface area contributed by atoms with Gasteiger partial charge in [0.15, 0.2) is 4.80 Å². The fraction of sp³-hybridized carbons (Fsp3) is 0.0952. The Bertz CT molecular complexity index is 1180. The average Bonchev–Trinajstić information content (AvgIpc) is 3.11. The van der Waals surface area contributed by atoms with Crippen LogP contribution < -0.4 is 4.80 Å². The summed E-state index contributed by atoms with van der Waals surface area (Å²) < 4.78 is 2.13. The van der Waals surface area contributed by atoms with Gasteiger partial charge in [0, 0.05) is 29.4 Å². The molecule has 0 N–H and O–H groups in total. The summed E-state index contributed by atoms with van der Waals surface area (Å²) in [4.78, 5) is 16.3. The Morgan fingerprint density at radius 2 is 1.78 bits per heavy atom. The van der Waals surface area contributed by atoms with Crippen molar-refractivity contribution in [3.05, 3.63) is 87.0 Å². The fourth-order valence-corrected chi connectivity index (χ4v) is 4.10. The van der Waals surface area contributed by atoms with Gasteiger partial charge in [-0.1, -0.05) is 36.4 Å². The first-order valence-electron chi connectivity index (χ1n) is 8.63. The first-order valence-corrected chi connectivity index (χ1v) is 9.51. The van der Waals surface area contributed by atoms with Crippen LogP contribution in [0.2, 0.25) is 0 Å². The van der Waals surface area contributed by atoms with Crippen LogP contribution in [0.5, 0.6) is 0 Å². The molecule has 0 amide bonds. The molecule has 0 bridgehead atoms. The van der Waals surface area contributed by atoms with Crippen LogP contribution in [-0.2, 0) is 6.54 Å². The van der Waals surface area contributed by atoms with Gasteiger partial charge < -0.3 is 4.57 Å². The Balaban J connectivity index is 1.83. The van der Waals surface area contributed by atoms with Crippen LogP contribution >= 0.6 is 11.3 Å². The fourth-order valence-electron chi connectivity index (χ4n) is 3.12. The minimum absolute atomic E-state index is 0.0951. The molecule has 27 heavy (non-hydrogen) atoms. The largest absolute Gasteiger partial charge is 0.317 e. The molecule has 1 aromatic heterocycles. The second-order valence-corrected chi connectivity index (χ2v) is 6.90. The molecule has 0 radical (unpaired) electrons. The van der Waals surface area contributed by atoms with Crippen molar-refractivity contribution in [3.8, 4) is 11.3 Å². The van der Waals surface area contributed by atoms with Gasteiger partial charge in [0.1, 0.15) is 0 Å². The van der Waals surface area contributed by atoms with Crippen molar-refractivity contribution in [2.75, 3.05) is 0 Å². The van der Waals surface area contributed by atoms with Crippen LogP contribution in [0.4, 0.5) is 11.4 Å². The SMILES string of the molecule is CCn1c(-c2ccc([N+](=O)[O-])cc2)csc1=Nc1cccc2ccccc12. The highest BCUT2D eigenvalue weighted by Gasteiger charge is 2.10. The average molecular weight is 375 g/mol. The van der Waals surface area contributed by atoms with Gasteiger partial charge in [0.25, 0.3) is 5.69 Å². The Morgan fingerprint density at radius 3 is 2.52 bits per heavy atom. The van der Waals surface area contributed by atoms with E-state index in [0.29, 0.717) is 0 Å². The quantitative estimate of drug-likeness (QED) is 0.348. The van der Waals surface area contributed by atoms with E-state index in [-0.39, 0.29) is 10.6 Å². The maximum absolute atomic E-state index is 10.9. The van der Waals surface area contributed by atoms with Gasteiger partial charge in [-0.2, -0.15) is 0 Å². The summed E-state index contributed by atoms with van der Waals surface area (Å²) in [6.07, 6.45) is 0. The molecule has 0 saturated carbocycles. The Hall–Kier alpha value is -3.25. The number of fused-ring (bicyclic) bond motifs is 1. The van der Waals surface area contributed by atoms with Crippen LogP contribution in [0.1, 0.15) is 6.92 Å².